The third-order valence-electron chi connectivity index (χ3n) is 2.10. The largest absolute Gasteiger partial charge is 0.476 e. The van der Waals surface area contributed by atoms with Gasteiger partial charge in [-0.3, -0.25) is 0 Å². The van der Waals surface area contributed by atoms with Gasteiger partial charge >= 0.3 is 5.97 Å². The molecule has 2 aromatic rings. The number of hydrogen-bond acceptors (Lipinski definition) is 5. The first-order chi connectivity index (χ1) is 8.70. The van der Waals surface area contributed by atoms with E-state index in [1.807, 2.05) is 18.2 Å². The molecule has 18 heavy (non-hydrogen) atoms. The lowest BCUT2D eigenvalue weighted by Gasteiger charge is -1.99. The van der Waals surface area contributed by atoms with E-state index in [-0.39, 0.29) is 12.3 Å². The number of hydrogen-bond donors (Lipinski definition) is 1. The number of methoxy groups -OCH3 is 1. The molecule has 0 amide bonds. The van der Waals surface area contributed by atoms with Crippen molar-refractivity contribution >= 4 is 17.3 Å². The summed E-state index contributed by atoms with van der Waals surface area (Å²) in [5.41, 5.74) is -0.0206. The fraction of sp³-hybridized carbons (Fsp3) is 0.167. The van der Waals surface area contributed by atoms with Crippen molar-refractivity contribution < 1.29 is 19.4 Å². The van der Waals surface area contributed by atoms with Crippen LogP contribution in [-0.4, -0.2) is 23.2 Å². The molecule has 2 rings (SSSR count). The van der Waals surface area contributed by atoms with E-state index in [0.29, 0.717) is 15.8 Å². The summed E-state index contributed by atoms with van der Waals surface area (Å²) in [6.07, 6.45) is 0. The van der Waals surface area contributed by atoms with Gasteiger partial charge in [0.1, 0.15) is 5.75 Å². The second-order valence-electron chi connectivity index (χ2n) is 3.40. The monoisotopic (exact) mass is 265 g/mol. The molecular weight excluding hydrogens is 254 g/mol. The molecule has 1 aromatic heterocycles. The predicted octanol–water partition coefficient (Wildman–Crippen LogP) is 2.78. The van der Waals surface area contributed by atoms with Crippen LogP contribution in [0.15, 0.2) is 30.3 Å². The summed E-state index contributed by atoms with van der Waals surface area (Å²) in [5, 5.41) is 9.30. The Labute approximate surface area is 108 Å². The van der Waals surface area contributed by atoms with Crippen LogP contribution in [0.4, 0.5) is 0 Å². The van der Waals surface area contributed by atoms with E-state index in [1.54, 1.807) is 12.1 Å². The number of aromatic carboxylic acids is 1. The standard InChI is InChI=1S/C12H11NO4S/c1-16-7-9-10(11(14)15)13-12(18-9)17-8-5-3-2-4-6-8/h2-6H,7H2,1H3,(H,14,15). The van der Waals surface area contributed by atoms with Crippen LogP contribution in [0, 0.1) is 0 Å². The number of para-hydroxylation sites is 1. The van der Waals surface area contributed by atoms with Gasteiger partial charge in [-0.25, -0.2) is 4.79 Å². The highest BCUT2D eigenvalue weighted by molar-refractivity contribution is 7.13. The number of carbonyl (C=O) groups is 1. The number of aromatic nitrogens is 1. The van der Waals surface area contributed by atoms with Gasteiger partial charge in [0.15, 0.2) is 5.69 Å². The Hall–Kier alpha value is -1.92. The van der Waals surface area contributed by atoms with Crippen molar-refractivity contribution in [2.45, 2.75) is 6.61 Å². The molecule has 0 fully saturated rings. The van der Waals surface area contributed by atoms with E-state index in [2.05, 4.69) is 4.98 Å². The predicted molar refractivity (Wildman–Crippen MR) is 66.3 cm³/mol. The molecule has 0 radical (unpaired) electrons. The molecule has 0 aliphatic carbocycles. The average molecular weight is 265 g/mol. The van der Waals surface area contributed by atoms with Gasteiger partial charge in [-0.05, 0) is 12.1 Å². The van der Waals surface area contributed by atoms with Crippen LogP contribution < -0.4 is 4.74 Å². The van der Waals surface area contributed by atoms with E-state index in [9.17, 15) is 4.79 Å². The molecule has 0 saturated heterocycles. The van der Waals surface area contributed by atoms with Crippen LogP contribution in [0.2, 0.25) is 0 Å². The Morgan fingerprint density at radius 2 is 2.11 bits per heavy atom. The molecule has 5 nitrogen and oxygen atoms in total. The van der Waals surface area contributed by atoms with E-state index in [4.69, 9.17) is 14.6 Å². The van der Waals surface area contributed by atoms with Gasteiger partial charge in [-0.2, -0.15) is 4.98 Å². The number of carboxylic acids is 1. The normalized spacial score (nSPS) is 10.3. The summed E-state index contributed by atoms with van der Waals surface area (Å²) in [5.74, 6) is -0.464. The zero-order valence-electron chi connectivity index (χ0n) is 9.62. The van der Waals surface area contributed by atoms with Crippen molar-refractivity contribution in [1.29, 1.82) is 0 Å². The highest BCUT2D eigenvalue weighted by Gasteiger charge is 2.18. The Bertz CT molecular complexity index is 538. The van der Waals surface area contributed by atoms with E-state index in [0.717, 1.165) is 0 Å². The van der Waals surface area contributed by atoms with Crippen LogP contribution in [0.5, 0.6) is 10.9 Å². The van der Waals surface area contributed by atoms with Crippen molar-refractivity contribution in [3.05, 3.63) is 40.9 Å². The second-order valence-corrected chi connectivity index (χ2v) is 4.45. The fourth-order valence-electron chi connectivity index (χ4n) is 1.36. The highest BCUT2D eigenvalue weighted by atomic mass is 32.1. The molecule has 0 aliphatic heterocycles. The zero-order valence-corrected chi connectivity index (χ0v) is 10.4. The average Bonchev–Trinajstić information content (AvgIpc) is 2.74. The third kappa shape index (κ3) is 2.85. The number of carboxylic acid groups (broad SMARTS) is 1. The maximum absolute atomic E-state index is 11.0. The zero-order chi connectivity index (χ0) is 13.0. The molecule has 0 unspecified atom stereocenters. The molecule has 0 bridgehead atoms. The maximum Gasteiger partial charge on any atom is 0.355 e. The summed E-state index contributed by atoms with van der Waals surface area (Å²) >= 11 is 1.17. The van der Waals surface area contributed by atoms with Crippen molar-refractivity contribution in [3.63, 3.8) is 0 Å². The smallest absolute Gasteiger partial charge is 0.355 e. The molecule has 0 saturated carbocycles. The van der Waals surface area contributed by atoms with Crippen LogP contribution in [0.25, 0.3) is 0 Å². The topological polar surface area (TPSA) is 68.7 Å². The quantitative estimate of drug-likeness (QED) is 0.900. The van der Waals surface area contributed by atoms with Gasteiger partial charge in [0.2, 0.25) is 0 Å². The first-order valence-corrected chi connectivity index (χ1v) is 5.97. The molecule has 1 heterocycles. The summed E-state index contributed by atoms with van der Waals surface area (Å²) in [7, 11) is 1.50. The Morgan fingerprint density at radius 3 is 2.72 bits per heavy atom. The first-order valence-electron chi connectivity index (χ1n) is 5.15. The number of nitrogens with zero attached hydrogens (tertiary/aromatic N) is 1. The lowest BCUT2D eigenvalue weighted by Crippen LogP contribution is -2.01. The van der Waals surface area contributed by atoms with Crippen LogP contribution >= 0.6 is 11.3 Å². The molecule has 0 spiro atoms. The first kappa shape index (κ1) is 12.5. The van der Waals surface area contributed by atoms with Gasteiger partial charge < -0.3 is 14.6 Å². The molecule has 6 heteroatoms. The highest BCUT2D eigenvalue weighted by Crippen LogP contribution is 2.29. The van der Waals surface area contributed by atoms with Crippen molar-refractivity contribution in [2.75, 3.05) is 7.11 Å². The van der Waals surface area contributed by atoms with Gasteiger partial charge in [0.25, 0.3) is 5.19 Å². The van der Waals surface area contributed by atoms with Crippen LogP contribution in [0.1, 0.15) is 15.4 Å². The Balaban J connectivity index is 2.24. The van der Waals surface area contributed by atoms with Gasteiger partial charge in [-0.15, -0.1) is 0 Å². The van der Waals surface area contributed by atoms with Gasteiger partial charge in [0, 0.05) is 7.11 Å². The van der Waals surface area contributed by atoms with Gasteiger partial charge in [0.05, 0.1) is 11.5 Å². The molecular formula is C12H11NO4S. The minimum absolute atomic E-state index is 0.0206. The van der Waals surface area contributed by atoms with Crippen molar-refractivity contribution in [3.8, 4) is 10.9 Å². The third-order valence-corrected chi connectivity index (χ3v) is 3.01. The molecule has 0 atom stereocenters. The van der Waals surface area contributed by atoms with Crippen LogP contribution in [0.3, 0.4) is 0 Å². The minimum atomic E-state index is -1.08. The molecule has 1 N–H and O–H groups in total. The lowest BCUT2D eigenvalue weighted by atomic mass is 10.3. The summed E-state index contributed by atoms with van der Waals surface area (Å²) in [4.78, 5) is 15.5. The number of benzene rings is 1. The van der Waals surface area contributed by atoms with Crippen LogP contribution in [-0.2, 0) is 11.3 Å². The van der Waals surface area contributed by atoms with Crippen molar-refractivity contribution in [1.82, 2.24) is 4.98 Å². The summed E-state index contributed by atoms with van der Waals surface area (Å²) in [6, 6.07) is 9.08. The number of rotatable bonds is 5. The molecule has 94 valence electrons. The summed E-state index contributed by atoms with van der Waals surface area (Å²) in [6.45, 7) is 0.206. The van der Waals surface area contributed by atoms with E-state index >= 15 is 0 Å². The summed E-state index contributed by atoms with van der Waals surface area (Å²) < 4.78 is 10.4. The SMILES string of the molecule is COCc1sc(Oc2ccccc2)nc1C(=O)O. The minimum Gasteiger partial charge on any atom is -0.476 e. The molecule has 1 aromatic carbocycles. The lowest BCUT2D eigenvalue weighted by molar-refractivity contribution is 0.0686. The number of ether oxygens (including phenoxy) is 2. The van der Waals surface area contributed by atoms with E-state index in [1.165, 1.54) is 18.4 Å². The Morgan fingerprint density at radius 1 is 1.39 bits per heavy atom. The number of thiazole rings is 1. The van der Waals surface area contributed by atoms with E-state index < -0.39 is 5.97 Å². The van der Waals surface area contributed by atoms with Gasteiger partial charge in [-0.1, -0.05) is 29.5 Å². The molecule has 0 aliphatic rings. The Kier molecular flexibility index (Phi) is 3.91. The van der Waals surface area contributed by atoms with Crippen molar-refractivity contribution in [2.24, 2.45) is 0 Å². The maximum atomic E-state index is 11.0. The fourth-order valence-corrected chi connectivity index (χ4v) is 2.25. The second kappa shape index (κ2) is 5.61.